The van der Waals surface area contributed by atoms with Crippen molar-refractivity contribution in [3.05, 3.63) is 77.4 Å². The molecule has 0 aliphatic carbocycles. The first-order chi connectivity index (χ1) is 10.1. The lowest BCUT2D eigenvalue weighted by Gasteiger charge is -1.99. The summed E-state index contributed by atoms with van der Waals surface area (Å²) >= 11 is 0. The van der Waals surface area contributed by atoms with E-state index >= 15 is 0 Å². The summed E-state index contributed by atoms with van der Waals surface area (Å²) < 4.78 is 0. The van der Waals surface area contributed by atoms with Gasteiger partial charge in [0.1, 0.15) is 0 Å². The van der Waals surface area contributed by atoms with E-state index < -0.39 is 5.97 Å². The second-order valence-electron chi connectivity index (χ2n) is 4.72. The zero-order valence-corrected chi connectivity index (χ0v) is 12.1. The van der Waals surface area contributed by atoms with Crippen LogP contribution in [0.4, 0.5) is 0 Å². The Balaban J connectivity index is 1.95. The minimum atomic E-state index is -0.456. The summed E-state index contributed by atoms with van der Waals surface area (Å²) in [6.07, 6.45) is 3.72. The molecule has 0 bridgehead atoms. The van der Waals surface area contributed by atoms with E-state index in [1.165, 1.54) is 0 Å². The molecule has 0 N–H and O–H groups in total. The van der Waals surface area contributed by atoms with Crippen molar-refractivity contribution in [2.24, 2.45) is 5.16 Å². The zero-order chi connectivity index (χ0) is 15.1. The lowest BCUT2D eigenvalue weighted by atomic mass is 10.2. The average molecular weight is 279 g/mol. The van der Waals surface area contributed by atoms with Crippen molar-refractivity contribution in [2.75, 3.05) is 0 Å². The highest BCUT2D eigenvalue weighted by Gasteiger charge is 2.05. The molecular weight excluding hydrogens is 262 g/mol. The molecule has 0 unspecified atom stereocenters. The Morgan fingerprint density at radius 1 is 1.05 bits per heavy atom. The van der Waals surface area contributed by atoms with E-state index in [2.05, 4.69) is 5.16 Å². The predicted molar refractivity (Wildman–Crippen MR) is 85.2 cm³/mol. The van der Waals surface area contributed by atoms with Gasteiger partial charge < -0.3 is 4.84 Å². The van der Waals surface area contributed by atoms with Crippen molar-refractivity contribution in [3.8, 4) is 0 Å². The molecule has 0 fully saturated rings. The van der Waals surface area contributed by atoms with Gasteiger partial charge in [-0.2, -0.15) is 0 Å². The summed E-state index contributed by atoms with van der Waals surface area (Å²) in [5, 5.41) is 3.82. The number of oxime groups is 1. The van der Waals surface area contributed by atoms with Crippen molar-refractivity contribution in [1.29, 1.82) is 0 Å². The van der Waals surface area contributed by atoms with Crippen LogP contribution in [0.1, 0.15) is 28.4 Å². The molecule has 0 heterocycles. The Kier molecular flexibility index (Phi) is 5.04. The predicted octanol–water partition coefficient (Wildman–Crippen LogP) is 4.24. The van der Waals surface area contributed by atoms with Crippen LogP contribution in [0.25, 0.3) is 6.08 Å². The van der Waals surface area contributed by atoms with Gasteiger partial charge in [-0.1, -0.05) is 59.3 Å². The summed E-state index contributed by atoms with van der Waals surface area (Å²) in [5.41, 5.74) is 3.28. The highest BCUT2D eigenvalue weighted by atomic mass is 16.7. The fourth-order valence-electron chi connectivity index (χ4n) is 1.67. The van der Waals surface area contributed by atoms with E-state index in [-0.39, 0.29) is 0 Å². The number of hydrogen-bond acceptors (Lipinski definition) is 3. The molecule has 0 saturated carbocycles. The number of hydrogen-bond donors (Lipinski definition) is 0. The molecule has 0 aliphatic rings. The van der Waals surface area contributed by atoms with Gasteiger partial charge in [0.25, 0.3) is 0 Å². The first-order valence-electron chi connectivity index (χ1n) is 6.71. The maximum absolute atomic E-state index is 11.8. The van der Waals surface area contributed by atoms with E-state index in [1.54, 1.807) is 25.1 Å². The summed E-state index contributed by atoms with van der Waals surface area (Å²) in [6.45, 7) is 3.74. The topological polar surface area (TPSA) is 38.7 Å². The van der Waals surface area contributed by atoms with Crippen LogP contribution in [-0.2, 0) is 4.84 Å². The van der Waals surface area contributed by atoms with Crippen LogP contribution in [-0.4, -0.2) is 11.7 Å². The van der Waals surface area contributed by atoms with Crippen molar-refractivity contribution >= 4 is 17.8 Å². The van der Waals surface area contributed by atoms with Gasteiger partial charge in [0.15, 0.2) is 0 Å². The number of carbonyl (C=O) groups is 1. The first kappa shape index (κ1) is 14.7. The Bertz CT molecular complexity index is 655. The second-order valence-corrected chi connectivity index (χ2v) is 4.72. The van der Waals surface area contributed by atoms with E-state index in [1.807, 2.05) is 55.5 Å². The van der Waals surface area contributed by atoms with Crippen LogP contribution in [0.3, 0.4) is 0 Å². The lowest BCUT2D eigenvalue weighted by molar-refractivity contribution is 0.0516. The Morgan fingerprint density at radius 3 is 2.38 bits per heavy atom. The van der Waals surface area contributed by atoms with Gasteiger partial charge in [0.2, 0.25) is 0 Å². The standard InChI is InChI=1S/C18H17NO2/c1-14-8-12-17(13-9-14)18(20)21-19-15(2)10-11-16-6-4-3-5-7-16/h3-13H,1-2H3/b11-10+,19-15?. The quantitative estimate of drug-likeness (QED) is 0.477. The van der Waals surface area contributed by atoms with Gasteiger partial charge >= 0.3 is 5.97 Å². The molecule has 2 aromatic carbocycles. The molecule has 0 amide bonds. The molecule has 0 saturated heterocycles. The van der Waals surface area contributed by atoms with Crippen LogP contribution in [0.2, 0.25) is 0 Å². The van der Waals surface area contributed by atoms with E-state index in [0.29, 0.717) is 11.3 Å². The Hall–Kier alpha value is -2.68. The molecule has 21 heavy (non-hydrogen) atoms. The third-order valence-corrected chi connectivity index (χ3v) is 2.88. The number of benzene rings is 2. The highest BCUT2D eigenvalue weighted by Crippen LogP contribution is 2.06. The largest absolute Gasteiger partial charge is 0.365 e. The van der Waals surface area contributed by atoms with E-state index in [0.717, 1.165) is 11.1 Å². The molecule has 106 valence electrons. The van der Waals surface area contributed by atoms with Crippen LogP contribution in [0, 0.1) is 6.92 Å². The van der Waals surface area contributed by atoms with Crippen LogP contribution >= 0.6 is 0 Å². The molecule has 3 nitrogen and oxygen atoms in total. The summed E-state index contributed by atoms with van der Waals surface area (Å²) in [4.78, 5) is 16.7. The maximum atomic E-state index is 11.8. The summed E-state index contributed by atoms with van der Waals surface area (Å²) in [7, 11) is 0. The van der Waals surface area contributed by atoms with Crippen molar-refractivity contribution in [1.82, 2.24) is 0 Å². The fraction of sp³-hybridized carbons (Fsp3) is 0.111. The number of aryl methyl sites for hydroxylation is 1. The second kappa shape index (κ2) is 7.20. The summed E-state index contributed by atoms with van der Waals surface area (Å²) in [6, 6.07) is 17.0. The first-order valence-corrected chi connectivity index (χ1v) is 6.71. The molecule has 0 aliphatic heterocycles. The molecule has 0 radical (unpaired) electrons. The minimum Gasteiger partial charge on any atom is -0.313 e. The molecule has 0 spiro atoms. The molecule has 2 rings (SSSR count). The third kappa shape index (κ3) is 4.73. The molecule has 0 aromatic heterocycles. The monoisotopic (exact) mass is 279 g/mol. The normalized spacial score (nSPS) is 11.6. The Morgan fingerprint density at radius 2 is 1.71 bits per heavy atom. The van der Waals surface area contributed by atoms with Crippen molar-refractivity contribution < 1.29 is 9.63 Å². The number of carbonyl (C=O) groups excluding carboxylic acids is 1. The highest BCUT2D eigenvalue weighted by molar-refractivity contribution is 5.97. The molecular formula is C18H17NO2. The smallest absolute Gasteiger partial charge is 0.313 e. The van der Waals surface area contributed by atoms with E-state index in [9.17, 15) is 4.79 Å². The molecule has 0 atom stereocenters. The number of nitrogens with zero attached hydrogens (tertiary/aromatic N) is 1. The molecule has 2 aromatic rings. The van der Waals surface area contributed by atoms with E-state index in [4.69, 9.17) is 4.84 Å². The van der Waals surface area contributed by atoms with Gasteiger partial charge in [-0.25, -0.2) is 4.79 Å². The van der Waals surface area contributed by atoms with Crippen LogP contribution in [0.5, 0.6) is 0 Å². The van der Waals surface area contributed by atoms with Gasteiger partial charge in [-0.3, -0.25) is 0 Å². The average Bonchev–Trinajstić information content (AvgIpc) is 2.52. The van der Waals surface area contributed by atoms with Gasteiger partial charge in [0.05, 0.1) is 11.3 Å². The third-order valence-electron chi connectivity index (χ3n) is 2.88. The molecule has 3 heteroatoms. The van der Waals surface area contributed by atoms with Crippen LogP contribution in [0.15, 0.2) is 65.8 Å². The van der Waals surface area contributed by atoms with Gasteiger partial charge in [-0.15, -0.1) is 0 Å². The number of rotatable bonds is 4. The van der Waals surface area contributed by atoms with Gasteiger partial charge in [-0.05, 0) is 37.6 Å². The van der Waals surface area contributed by atoms with Gasteiger partial charge in [0, 0.05) is 0 Å². The zero-order valence-electron chi connectivity index (χ0n) is 12.1. The SMILES string of the molecule is CC(/C=C/c1ccccc1)=NOC(=O)c1ccc(C)cc1. The Labute approximate surface area is 124 Å². The minimum absolute atomic E-state index is 0.456. The fourth-order valence-corrected chi connectivity index (χ4v) is 1.67. The van der Waals surface area contributed by atoms with Crippen molar-refractivity contribution in [2.45, 2.75) is 13.8 Å². The number of allylic oxidation sites excluding steroid dienone is 1. The van der Waals surface area contributed by atoms with Crippen molar-refractivity contribution in [3.63, 3.8) is 0 Å². The summed E-state index contributed by atoms with van der Waals surface area (Å²) in [5.74, 6) is -0.456. The maximum Gasteiger partial charge on any atom is 0.365 e. The van der Waals surface area contributed by atoms with Crippen LogP contribution < -0.4 is 0 Å². The lowest BCUT2D eigenvalue weighted by Crippen LogP contribution is -2.02.